The molecule has 2 spiro atoms. The van der Waals surface area contributed by atoms with Gasteiger partial charge in [-0.15, -0.1) is 10.2 Å². The average Bonchev–Trinajstić information content (AvgIpc) is 3.12. The zero-order valence-electron chi connectivity index (χ0n) is 15.0. The molecule has 5 rings (SSSR count). The van der Waals surface area contributed by atoms with Crippen LogP contribution < -0.4 is 5.32 Å². The van der Waals surface area contributed by atoms with E-state index in [-0.39, 0.29) is 22.9 Å². The van der Waals surface area contributed by atoms with Crippen LogP contribution >= 0.6 is 11.3 Å². The number of likely N-dealkylation sites (tertiary alicyclic amines) is 3. The molecule has 0 atom stereocenters. The molecular weight excluding hydrogens is 397 g/mol. The van der Waals surface area contributed by atoms with E-state index >= 15 is 0 Å². The molecule has 4 aliphatic heterocycles. The number of rotatable bonds is 2. The third kappa shape index (κ3) is 2.93. The van der Waals surface area contributed by atoms with Gasteiger partial charge in [0, 0.05) is 51.1 Å². The second-order valence-electron chi connectivity index (χ2n) is 8.47. The molecule has 4 saturated heterocycles. The van der Waals surface area contributed by atoms with Gasteiger partial charge in [0.1, 0.15) is 5.01 Å². The van der Waals surface area contributed by atoms with E-state index < -0.39 is 11.2 Å². The summed E-state index contributed by atoms with van der Waals surface area (Å²) in [4.78, 5) is 29.5. The van der Waals surface area contributed by atoms with Crippen molar-refractivity contribution in [1.29, 1.82) is 0 Å². The van der Waals surface area contributed by atoms with Gasteiger partial charge in [0.2, 0.25) is 10.9 Å². The standard InChI is InChI=1S/C16H19F3N6O2S/c17-16(18,19)12-22-21-11(28-12)3-23-4-14(5-23)6-24(7-14)13(27)25-8-15(9-25)2-1-10(26)20-15/h1-9H2,(H,20,26). The highest BCUT2D eigenvalue weighted by Gasteiger charge is 2.56. The molecule has 12 heteroatoms. The van der Waals surface area contributed by atoms with E-state index in [9.17, 15) is 22.8 Å². The van der Waals surface area contributed by atoms with Crippen LogP contribution in [-0.4, -0.2) is 81.6 Å². The summed E-state index contributed by atoms with van der Waals surface area (Å²) in [5, 5.41) is 9.25. The van der Waals surface area contributed by atoms with E-state index in [0.717, 1.165) is 19.5 Å². The van der Waals surface area contributed by atoms with Gasteiger partial charge < -0.3 is 15.1 Å². The van der Waals surface area contributed by atoms with Gasteiger partial charge in [0.15, 0.2) is 0 Å². The van der Waals surface area contributed by atoms with Crippen LogP contribution in [0.15, 0.2) is 0 Å². The van der Waals surface area contributed by atoms with E-state index in [1.807, 2.05) is 9.80 Å². The molecule has 4 aliphatic rings. The SMILES string of the molecule is O=C1CCC2(CN(C(=O)N3CC4(CN(Cc5nnc(C(F)(F)F)s5)C4)C3)C2)N1. The lowest BCUT2D eigenvalue weighted by atomic mass is 9.73. The predicted octanol–water partition coefficient (Wildman–Crippen LogP) is 0.759. The van der Waals surface area contributed by atoms with Crippen LogP contribution in [0.2, 0.25) is 0 Å². The van der Waals surface area contributed by atoms with Crippen molar-refractivity contribution in [2.45, 2.75) is 31.1 Å². The molecule has 0 aromatic carbocycles. The van der Waals surface area contributed by atoms with Crippen molar-refractivity contribution in [3.8, 4) is 0 Å². The first-order valence-electron chi connectivity index (χ1n) is 9.12. The molecule has 28 heavy (non-hydrogen) atoms. The molecule has 1 aromatic rings. The minimum Gasteiger partial charge on any atom is -0.347 e. The van der Waals surface area contributed by atoms with Gasteiger partial charge in [-0.25, -0.2) is 4.79 Å². The second kappa shape index (κ2) is 5.78. The molecule has 4 fully saturated rings. The quantitative estimate of drug-likeness (QED) is 0.770. The maximum Gasteiger partial charge on any atom is 0.445 e. The summed E-state index contributed by atoms with van der Waals surface area (Å²) >= 11 is 0.582. The summed E-state index contributed by atoms with van der Waals surface area (Å²) in [6.45, 7) is 4.34. The lowest BCUT2D eigenvalue weighted by Crippen LogP contribution is -2.76. The van der Waals surface area contributed by atoms with Crippen LogP contribution in [0.3, 0.4) is 0 Å². The fourth-order valence-corrected chi connectivity index (χ4v) is 5.52. The molecule has 8 nitrogen and oxygen atoms in total. The topological polar surface area (TPSA) is 81.7 Å². The van der Waals surface area contributed by atoms with Crippen LogP contribution in [0.25, 0.3) is 0 Å². The molecule has 1 N–H and O–H groups in total. The fraction of sp³-hybridized carbons (Fsp3) is 0.750. The Morgan fingerprint density at radius 3 is 2.36 bits per heavy atom. The van der Waals surface area contributed by atoms with Gasteiger partial charge in [-0.05, 0) is 6.42 Å². The van der Waals surface area contributed by atoms with Crippen molar-refractivity contribution in [2.24, 2.45) is 5.41 Å². The maximum atomic E-state index is 12.6. The minimum atomic E-state index is -4.45. The average molecular weight is 416 g/mol. The number of nitrogens with one attached hydrogen (secondary N) is 1. The van der Waals surface area contributed by atoms with Crippen molar-refractivity contribution >= 4 is 23.3 Å². The van der Waals surface area contributed by atoms with Crippen LogP contribution in [-0.2, 0) is 17.5 Å². The first-order valence-corrected chi connectivity index (χ1v) is 9.94. The first-order chi connectivity index (χ1) is 13.2. The van der Waals surface area contributed by atoms with E-state index in [1.165, 1.54) is 0 Å². The van der Waals surface area contributed by atoms with Crippen LogP contribution in [0.1, 0.15) is 22.9 Å². The third-order valence-corrected chi connectivity index (χ3v) is 6.95. The number of nitrogens with zero attached hydrogens (tertiary/aromatic N) is 5. The minimum absolute atomic E-state index is 0.00907. The predicted molar refractivity (Wildman–Crippen MR) is 91.3 cm³/mol. The van der Waals surface area contributed by atoms with Gasteiger partial charge in [-0.3, -0.25) is 9.69 Å². The molecule has 0 aliphatic carbocycles. The summed E-state index contributed by atoms with van der Waals surface area (Å²) in [6.07, 6.45) is -3.13. The van der Waals surface area contributed by atoms with Gasteiger partial charge >= 0.3 is 12.2 Å². The van der Waals surface area contributed by atoms with E-state index in [2.05, 4.69) is 15.5 Å². The number of amides is 3. The smallest absolute Gasteiger partial charge is 0.347 e. The molecule has 3 amide bonds. The number of carbonyl (C=O) groups is 2. The van der Waals surface area contributed by atoms with E-state index in [0.29, 0.717) is 55.5 Å². The highest BCUT2D eigenvalue weighted by atomic mass is 32.1. The zero-order chi connectivity index (χ0) is 19.7. The van der Waals surface area contributed by atoms with Crippen LogP contribution in [0.4, 0.5) is 18.0 Å². The number of carbonyl (C=O) groups excluding carboxylic acids is 2. The van der Waals surface area contributed by atoms with Crippen molar-refractivity contribution in [3.05, 3.63) is 10.0 Å². The highest BCUT2D eigenvalue weighted by Crippen LogP contribution is 2.42. The Bertz CT molecular complexity index is 823. The van der Waals surface area contributed by atoms with Crippen molar-refractivity contribution in [2.75, 3.05) is 39.3 Å². The highest BCUT2D eigenvalue weighted by molar-refractivity contribution is 7.11. The Morgan fingerprint density at radius 2 is 1.79 bits per heavy atom. The van der Waals surface area contributed by atoms with Gasteiger partial charge in [0.05, 0.1) is 12.1 Å². The zero-order valence-corrected chi connectivity index (χ0v) is 15.8. The molecule has 152 valence electrons. The Morgan fingerprint density at radius 1 is 1.11 bits per heavy atom. The number of halogens is 3. The van der Waals surface area contributed by atoms with Gasteiger partial charge in [0.25, 0.3) is 0 Å². The number of hydrogen-bond donors (Lipinski definition) is 1. The van der Waals surface area contributed by atoms with Crippen LogP contribution in [0.5, 0.6) is 0 Å². The lowest BCUT2D eigenvalue weighted by Gasteiger charge is -2.61. The Balaban J connectivity index is 1.07. The third-order valence-electron chi connectivity index (χ3n) is 6.00. The Labute approximate surface area is 162 Å². The molecular formula is C16H19F3N6O2S. The molecule has 1 aromatic heterocycles. The molecule has 0 radical (unpaired) electrons. The van der Waals surface area contributed by atoms with Gasteiger partial charge in [-0.2, -0.15) is 13.2 Å². The molecule has 0 saturated carbocycles. The summed E-state index contributed by atoms with van der Waals surface area (Å²) in [5.74, 6) is 0.0577. The monoisotopic (exact) mass is 416 g/mol. The van der Waals surface area contributed by atoms with E-state index in [1.54, 1.807) is 4.90 Å². The summed E-state index contributed by atoms with van der Waals surface area (Å²) in [5.41, 5.74) is -0.156. The van der Waals surface area contributed by atoms with Crippen LogP contribution in [0, 0.1) is 5.41 Å². The normalized spacial score (nSPS) is 25.5. The van der Waals surface area contributed by atoms with Gasteiger partial charge in [-0.1, -0.05) is 11.3 Å². The fourth-order valence-electron chi connectivity index (χ4n) is 4.77. The first kappa shape index (κ1) is 18.1. The number of aromatic nitrogens is 2. The largest absolute Gasteiger partial charge is 0.445 e. The maximum absolute atomic E-state index is 12.6. The Kier molecular flexibility index (Phi) is 3.74. The lowest BCUT2D eigenvalue weighted by molar-refractivity contribution is -0.138. The number of hydrogen-bond acceptors (Lipinski definition) is 6. The Hall–Kier alpha value is -1.95. The molecule has 5 heterocycles. The van der Waals surface area contributed by atoms with Crippen molar-refractivity contribution < 1.29 is 22.8 Å². The summed E-state index contributed by atoms with van der Waals surface area (Å²) in [7, 11) is 0. The number of urea groups is 1. The van der Waals surface area contributed by atoms with E-state index in [4.69, 9.17) is 0 Å². The summed E-state index contributed by atoms with van der Waals surface area (Å²) in [6, 6.07) is 0.00907. The summed E-state index contributed by atoms with van der Waals surface area (Å²) < 4.78 is 37.8. The second-order valence-corrected chi connectivity index (χ2v) is 9.53. The molecule has 0 unspecified atom stereocenters. The van der Waals surface area contributed by atoms with Crippen molar-refractivity contribution in [3.63, 3.8) is 0 Å². The van der Waals surface area contributed by atoms with Crippen molar-refractivity contribution in [1.82, 2.24) is 30.2 Å². The number of alkyl halides is 3. The molecule has 0 bridgehead atoms.